The van der Waals surface area contributed by atoms with E-state index >= 15 is 0 Å². The molecule has 3 N–H and O–H groups in total. The first-order chi connectivity index (χ1) is 12.0. The van der Waals surface area contributed by atoms with Gasteiger partial charge in [0.05, 0.1) is 19.8 Å². The molecule has 0 saturated heterocycles. The predicted molar refractivity (Wildman–Crippen MR) is 102 cm³/mol. The van der Waals surface area contributed by atoms with Crippen molar-refractivity contribution in [1.82, 2.24) is 16.2 Å². The van der Waals surface area contributed by atoms with E-state index in [1.165, 1.54) is 20.0 Å². The topological polar surface area (TPSA) is 71.6 Å². The van der Waals surface area contributed by atoms with Crippen LogP contribution in [0.5, 0.6) is 11.5 Å². The second kappa shape index (κ2) is 8.89. The van der Waals surface area contributed by atoms with Gasteiger partial charge in [0.1, 0.15) is 11.5 Å². The van der Waals surface area contributed by atoms with E-state index in [1.807, 2.05) is 0 Å². The summed E-state index contributed by atoms with van der Waals surface area (Å²) < 4.78 is 10.4. The van der Waals surface area contributed by atoms with Gasteiger partial charge in [-0.25, -0.2) is 0 Å². The fourth-order valence-electron chi connectivity index (χ4n) is 3.16. The number of rotatable bonds is 4. The third kappa shape index (κ3) is 4.98. The maximum Gasteiger partial charge on any atom is 0.273 e. The fraction of sp³-hybridized carbons (Fsp3) is 0.556. The van der Waals surface area contributed by atoms with Crippen molar-refractivity contribution in [2.45, 2.75) is 39.2 Å². The molecule has 0 heterocycles. The zero-order valence-electron chi connectivity index (χ0n) is 15.2. The minimum absolute atomic E-state index is 0.325. The van der Waals surface area contributed by atoms with Crippen molar-refractivity contribution in [2.75, 3.05) is 14.2 Å². The Hall–Kier alpha value is -2.02. The Labute approximate surface area is 154 Å². The number of amides is 1. The van der Waals surface area contributed by atoms with Crippen LogP contribution >= 0.6 is 12.2 Å². The summed E-state index contributed by atoms with van der Waals surface area (Å²) in [6.45, 7) is 4.51. The highest BCUT2D eigenvalue weighted by molar-refractivity contribution is 7.80. The molecule has 1 amide bonds. The van der Waals surface area contributed by atoms with Crippen molar-refractivity contribution in [2.24, 2.45) is 11.8 Å². The van der Waals surface area contributed by atoms with Crippen LogP contribution in [0.3, 0.4) is 0 Å². The van der Waals surface area contributed by atoms with Crippen LogP contribution in [0, 0.1) is 11.8 Å². The van der Waals surface area contributed by atoms with Crippen molar-refractivity contribution in [3.05, 3.63) is 23.8 Å². The lowest BCUT2D eigenvalue weighted by Gasteiger charge is -2.35. The minimum Gasteiger partial charge on any atom is -0.497 e. The molecule has 25 heavy (non-hydrogen) atoms. The first kappa shape index (κ1) is 19.3. The van der Waals surface area contributed by atoms with Gasteiger partial charge in [-0.2, -0.15) is 0 Å². The van der Waals surface area contributed by atoms with Gasteiger partial charge in [0.25, 0.3) is 5.91 Å². The number of thiocarbonyl (C=S) groups is 1. The van der Waals surface area contributed by atoms with E-state index < -0.39 is 0 Å². The molecule has 0 aliphatic heterocycles. The minimum atomic E-state index is -0.325. The monoisotopic (exact) mass is 365 g/mol. The number of carbonyl (C=O) groups excluding carboxylic acids is 1. The molecule has 0 spiro atoms. The summed E-state index contributed by atoms with van der Waals surface area (Å²) in [4.78, 5) is 12.4. The van der Waals surface area contributed by atoms with Gasteiger partial charge in [-0.3, -0.25) is 15.6 Å². The molecule has 0 radical (unpaired) electrons. The van der Waals surface area contributed by atoms with Gasteiger partial charge in [0, 0.05) is 12.1 Å². The van der Waals surface area contributed by atoms with Crippen molar-refractivity contribution in [1.29, 1.82) is 0 Å². The van der Waals surface area contributed by atoms with Gasteiger partial charge in [-0.1, -0.05) is 26.7 Å². The molecule has 6 nitrogen and oxygen atoms in total. The highest BCUT2D eigenvalue weighted by Gasteiger charge is 2.27. The van der Waals surface area contributed by atoms with E-state index in [0.717, 1.165) is 6.42 Å². The maximum atomic E-state index is 12.4. The molecular weight excluding hydrogens is 338 g/mol. The summed E-state index contributed by atoms with van der Waals surface area (Å²) in [5.41, 5.74) is 5.79. The Balaban J connectivity index is 1.90. The zero-order valence-corrected chi connectivity index (χ0v) is 16.0. The van der Waals surface area contributed by atoms with E-state index in [0.29, 0.717) is 40.1 Å². The average Bonchev–Trinajstić information content (AvgIpc) is 2.62. The van der Waals surface area contributed by atoms with Crippen LogP contribution in [0.1, 0.15) is 43.5 Å². The summed E-state index contributed by atoms with van der Waals surface area (Å²) in [6, 6.07) is 5.35. The van der Waals surface area contributed by atoms with Crippen LogP contribution in [0.4, 0.5) is 0 Å². The number of hydrogen-bond donors (Lipinski definition) is 3. The second-order valence-electron chi connectivity index (χ2n) is 6.49. The lowest BCUT2D eigenvalue weighted by molar-refractivity contribution is 0.0940. The van der Waals surface area contributed by atoms with Crippen LogP contribution in [0.2, 0.25) is 0 Å². The number of nitrogens with one attached hydrogen (secondary N) is 3. The Morgan fingerprint density at radius 1 is 1.16 bits per heavy atom. The molecular formula is C18H27N3O3S. The Bertz CT molecular complexity index is 624. The van der Waals surface area contributed by atoms with Gasteiger partial charge in [0.15, 0.2) is 5.11 Å². The Morgan fingerprint density at radius 3 is 2.60 bits per heavy atom. The number of hydrazine groups is 1. The molecule has 138 valence electrons. The van der Waals surface area contributed by atoms with Crippen molar-refractivity contribution < 1.29 is 14.3 Å². The molecule has 1 fully saturated rings. The van der Waals surface area contributed by atoms with Gasteiger partial charge in [0.2, 0.25) is 0 Å². The SMILES string of the molecule is COc1ccc(C(=O)NNC(=S)N[C@@H]2CCC[C@@H](C)[C@H]2C)c(OC)c1. The summed E-state index contributed by atoms with van der Waals surface area (Å²) in [6.07, 6.45) is 3.54. The van der Waals surface area contributed by atoms with E-state index in [2.05, 4.69) is 30.0 Å². The Morgan fingerprint density at radius 2 is 1.92 bits per heavy atom. The summed E-state index contributed by atoms with van der Waals surface area (Å²) in [5.74, 6) is 1.96. The fourth-order valence-corrected chi connectivity index (χ4v) is 3.36. The molecule has 3 atom stereocenters. The molecule has 0 bridgehead atoms. The zero-order chi connectivity index (χ0) is 18.4. The molecule has 1 aliphatic carbocycles. The molecule has 1 aromatic rings. The van der Waals surface area contributed by atoms with E-state index in [1.54, 1.807) is 25.3 Å². The van der Waals surface area contributed by atoms with Crippen molar-refractivity contribution in [3.8, 4) is 11.5 Å². The third-order valence-corrected chi connectivity index (χ3v) is 5.19. The molecule has 1 aromatic carbocycles. The number of hydrogen-bond acceptors (Lipinski definition) is 4. The van der Waals surface area contributed by atoms with Crippen molar-refractivity contribution >= 4 is 23.2 Å². The van der Waals surface area contributed by atoms with Gasteiger partial charge in [-0.15, -0.1) is 0 Å². The second-order valence-corrected chi connectivity index (χ2v) is 6.90. The largest absolute Gasteiger partial charge is 0.497 e. The quantitative estimate of drug-likeness (QED) is 0.563. The molecule has 1 aliphatic rings. The molecule has 7 heteroatoms. The summed E-state index contributed by atoms with van der Waals surface area (Å²) in [5, 5.41) is 3.73. The standard InChI is InChI=1S/C18H27N3O3S/c1-11-6-5-7-15(12(11)2)19-18(25)21-20-17(22)14-9-8-13(23-3)10-16(14)24-4/h8-12,15H,5-7H2,1-4H3,(H,20,22)(H2,19,21,25)/t11-,12-,15-/m1/s1. The predicted octanol–water partition coefficient (Wildman–Crippen LogP) is 2.64. The third-order valence-electron chi connectivity index (χ3n) is 4.97. The Kier molecular flexibility index (Phi) is 6.87. The normalized spacial score (nSPS) is 22.6. The summed E-state index contributed by atoms with van der Waals surface area (Å²) >= 11 is 5.31. The first-order valence-corrected chi connectivity index (χ1v) is 8.96. The maximum absolute atomic E-state index is 12.4. The van der Waals surface area contributed by atoms with Crippen LogP contribution < -0.4 is 25.6 Å². The number of methoxy groups -OCH3 is 2. The highest BCUT2D eigenvalue weighted by atomic mass is 32.1. The average molecular weight is 365 g/mol. The van der Waals surface area contributed by atoms with Gasteiger partial charge in [-0.05, 0) is 42.6 Å². The molecule has 2 rings (SSSR count). The lowest BCUT2D eigenvalue weighted by atomic mass is 9.78. The van der Waals surface area contributed by atoms with Crippen LogP contribution in [-0.2, 0) is 0 Å². The number of benzene rings is 1. The van der Waals surface area contributed by atoms with Crippen molar-refractivity contribution in [3.63, 3.8) is 0 Å². The smallest absolute Gasteiger partial charge is 0.273 e. The molecule has 0 unspecified atom stereocenters. The number of carbonyl (C=O) groups is 1. The van der Waals surface area contributed by atoms with E-state index in [-0.39, 0.29) is 5.91 Å². The molecule has 0 aromatic heterocycles. The number of ether oxygens (including phenoxy) is 2. The summed E-state index contributed by atoms with van der Waals surface area (Å²) in [7, 11) is 3.07. The van der Waals surface area contributed by atoms with Gasteiger partial charge >= 0.3 is 0 Å². The van der Waals surface area contributed by atoms with Crippen LogP contribution in [0.15, 0.2) is 18.2 Å². The molecule has 1 saturated carbocycles. The lowest BCUT2D eigenvalue weighted by Crippen LogP contribution is -2.52. The van der Waals surface area contributed by atoms with Crippen LogP contribution in [0.25, 0.3) is 0 Å². The van der Waals surface area contributed by atoms with E-state index in [4.69, 9.17) is 21.7 Å². The van der Waals surface area contributed by atoms with Crippen LogP contribution in [-0.4, -0.2) is 31.3 Å². The highest BCUT2D eigenvalue weighted by Crippen LogP contribution is 2.29. The first-order valence-electron chi connectivity index (χ1n) is 8.55. The van der Waals surface area contributed by atoms with Gasteiger partial charge < -0.3 is 14.8 Å². The van der Waals surface area contributed by atoms with E-state index in [9.17, 15) is 4.79 Å².